The van der Waals surface area contributed by atoms with Gasteiger partial charge in [0.1, 0.15) is 0 Å². The first kappa shape index (κ1) is 15.9. The lowest BCUT2D eigenvalue weighted by Crippen LogP contribution is -2.54. The number of aliphatic carboxylic acids is 1. The largest absolute Gasteiger partial charge is 0.481 e. The first-order chi connectivity index (χ1) is 7.60. The molecule has 6 nitrogen and oxygen atoms in total. The number of carbonyl (C=O) groups excluding carboxylic acids is 1. The minimum Gasteiger partial charge on any atom is -0.481 e. The molecule has 0 saturated heterocycles. The zero-order valence-corrected chi connectivity index (χ0v) is 10.6. The van der Waals surface area contributed by atoms with Crippen molar-refractivity contribution in [1.29, 1.82) is 0 Å². The molecule has 0 spiro atoms. The molecule has 1 amide bonds. The van der Waals surface area contributed by atoms with Gasteiger partial charge < -0.3 is 21.3 Å². The fourth-order valence-corrected chi connectivity index (χ4v) is 1.49. The van der Waals surface area contributed by atoms with E-state index in [1.54, 1.807) is 6.92 Å². The topological polar surface area (TPSA) is 113 Å². The van der Waals surface area contributed by atoms with E-state index in [2.05, 4.69) is 5.32 Å². The van der Waals surface area contributed by atoms with Crippen molar-refractivity contribution in [3.8, 4) is 0 Å². The molecule has 0 saturated carbocycles. The van der Waals surface area contributed by atoms with Crippen LogP contribution >= 0.6 is 0 Å². The van der Waals surface area contributed by atoms with Crippen LogP contribution in [0.25, 0.3) is 0 Å². The number of hydrogen-bond donors (Lipinski definition) is 4. The number of rotatable bonds is 7. The Morgan fingerprint density at radius 1 is 1.35 bits per heavy atom. The van der Waals surface area contributed by atoms with Gasteiger partial charge in [-0.2, -0.15) is 0 Å². The van der Waals surface area contributed by atoms with Crippen molar-refractivity contribution in [2.75, 3.05) is 6.54 Å². The van der Waals surface area contributed by atoms with Gasteiger partial charge in [0, 0.05) is 6.54 Å². The average molecular weight is 246 g/mol. The maximum atomic E-state index is 11.7. The minimum absolute atomic E-state index is 0.130. The summed E-state index contributed by atoms with van der Waals surface area (Å²) in [6.45, 7) is 4.75. The molecule has 2 unspecified atom stereocenters. The average Bonchev–Trinajstić information content (AvgIpc) is 2.12. The van der Waals surface area contributed by atoms with Crippen LogP contribution < -0.4 is 11.1 Å². The SMILES string of the molecule is CCCC(C)(N)C(=O)NCC(C)(O)CC(=O)O. The van der Waals surface area contributed by atoms with E-state index in [1.165, 1.54) is 6.92 Å². The molecule has 0 radical (unpaired) electrons. The summed E-state index contributed by atoms with van der Waals surface area (Å²) in [5, 5.41) is 20.7. The predicted octanol–water partition coefficient (Wildman–Crippen LogP) is -0.154. The van der Waals surface area contributed by atoms with Gasteiger partial charge >= 0.3 is 5.97 Å². The Morgan fingerprint density at radius 3 is 2.29 bits per heavy atom. The second-order valence-electron chi connectivity index (χ2n) is 4.92. The highest BCUT2D eigenvalue weighted by molar-refractivity contribution is 5.85. The second kappa shape index (κ2) is 5.97. The van der Waals surface area contributed by atoms with Gasteiger partial charge in [-0.05, 0) is 20.3 Å². The predicted molar refractivity (Wildman–Crippen MR) is 63.4 cm³/mol. The lowest BCUT2D eigenvalue weighted by Gasteiger charge is -2.27. The van der Waals surface area contributed by atoms with Crippen LogP contribution in [0.3, 0.4) is 0 Å². The van der Waals surface area contributed by atoms with E-state index in [0.29, 0.717) is 6.42 Å². The van der Waals surface area contributed by atoms with Crippen LogP contribution in [-0.2, 0) is 9.59 Å². The molecule has 17 heavy (non-hydrogen) atoms. The second-order valence-corrected chi connectivity index (χ2v) is 4.92. The molecule has 0 rings (SSSR count). The number of carboxylic acid groups (broad SMARTS) is 1. The smallest absolute Gasteiger partial charge is 0.306 e. The van der Waals surface area contributed by atoms with Crippen molar-refractivity contribution in [3.63, 3.8) is 0 Å². The lowest BCUT2D eigenvalue weighted by molar-refractivity contribution is -0.142. The molecule has 0 aliphatic heterocycles. The van der Waals surface area contributed by atoms with Crippen molar-refractivity contribution >= 4 is 11.9 Å². The number of aliphatic hydroxyl groups is 1. The zero-order chi connectivity index (χ0) is 13.7. The Bertz CT molecular complexity index is 287. The van der Waals surface area contributed by atoms with E-state index < -0.39 is 23.5 Å². The van der Waals surface area contributed by atoms with Crippen molar-refractivity contribution in [2.24, 2.45) is 5.73 Å². The summed E-state index contributed by atoms with van der Waals surface area (Å²) in [5.74, 6) is -1.50. The fraction of sp³-hybridized carbons (Fsp3) is 0.818. The summed E-state index contributed by atoms with van der Waals surface area (Å²) >= 11 is 0. The molecular formula is C11H22N2O4. The molecule has 0 bridgehead atoms. The summed E-state index contributed by atoms with van der Waals surface area (Å²) in [5.41, 5.74) is 3.33. The van der Waals surface area contributed by atoms with Gasteiger partial charge in [0.25, 0.3) is 0 Å². The fourth-order valence-electron chi connectivity index (χ4n) is 1.49. The number of nitrogens with one attached hydrogen (secondary N) is 1. The zero-order valence-electron chi connectivity index (χ0n) is 10.6. The molecule has 0 aliphatic rings. The van der Waals surface area contributed by atoms with E-state index in [9.17, 15) is 14.7 Å². The van der Waals surface area contributed by atoms with E-state index in [-0.39, 0.29) is 12.5 Å². The van der Waals surface area contributed by atoms with Crippen molar-refractivity contribution in [1.82, 2.24) is 5.32 Å². The summed E-state index contributed by atoms with van der Waals surface area (Å²) < 4.78 is 0. The van der Waals surface area contributed by atoms with Gasteiger partial charge in [-0.25, -0.2) is 0 Å². The van der Waals surface area contributed by atoms with Crippen molar-refractivity contribution in [2.45, 2.75) is 51.2 Å². The van der Waals surface area contributed by atoms with E-state index >= 15 is 0 Å². The normalized spacial score (nSPS) is 17.9. The number of carboxylic acids is 1. The number of hydrogen-bond acceptors (Lipinski definition) is 4. The molecule has 0 aliphatic carbocycles. The molecule has 2 atom stereocenters. The maximum absolute atomic E-state index is 11.7. The molecule has 0 aromatic rings. The Morgan fingerprint density at radius 2 is 1.88 bits per heavy atom. The lowest BCUT2D eigenvalue weighted by atomic mass is 9.95. The van der Waals surface area contributed by atoms with Gasteiger partial charge in [-0.15, -0.1) is 0 Å². The van der Waals surface area contributed by atoms with Gasteiger partial charge in [0.05, 0.1) is 17.6 Å². The van der Waals surface area contributed by atoms with E-state index in [1.807, 2.05) is 6.92 Å². The highest BCUT2D eigenvalue weighted by Gasteiger charge is 2.30. The third kappa shape index (κ3) is 6.23. The van der Waals surface area contributed by atoms with Crippen LogP contribution in [0.1, 0.15) is 40.0 Å². The summed E-state index contributed by atoms with van der Waals surface area (Å²) in [4.78, 5) is 22.2. The summed E-state index contributed by atoms with van der Waals surface area (Å²) in [7, 11) is 0. The molecule has 0 heterocycles. The first-order valence-electron chi connectivity index (χ1n) is 5.62. The van der Waals surface area contributed by atoms with Crippen LogP contribution in [-0.4, -0.2) is 39.8 Å². The molecule has 0 aromatic carbocycles. The van der Waals surface area contributed by atoms with E-state index in [0.717, 1.165) is 6.42 Å². The summed E-state index contributed by atoms with van der Waals surface area (Å²) in [6, 6.07) is 0. The third-order valence-electron chi connectivity index (χ3n) is 2.45. The Kier molecular flexibility index (Phi) is 5.57. The summed E-state index contributed by atoms with van der Waals surface area (Å²) in [6.07, 6.45) is 0.869. The Balaban J connectivity index is 4.28. The van der Waals surface area contributed by atoms with Crippen molar-refractivity contribution < 1.29 is 19.8 Å². The van der Waals surface area contributed by atoms with Crippen LogP contribution in [0.4, 0.5) is 0 Å². The van der Waals surface area contributed by atoms with Gasteiger partial charge in [-0.1, -0.05) is 13.3 Å². The van der Waals surface area contributed by atoms with Crippen LogP contribution in [0.5, 0.6) is 0 Å². The van der Waals surface area contributed by atoms with Crippen LogP contribution in [0.2, 0.25) is 0 Å². The highest BCUT2D eigenvalue weighted by Crippen LogP contribution is 2.11. The Hall–Kier alpha value is -1.14. The monoisotopic (exact) mass is 246 g/mol. The standard InChI is InChI=1S/C11H22N2O4/c1-4-5-11(3,12)9(16)13-7-10(2,17)6-8(14)15/h17H,4-7,12H2,1-3H3,(H,13,16)(H,14,15). The molecule has 6 heteroatoms. The molecule has 0 aromatic heterocycles. The maximum Gasteiger partial charge on any atom is 0.306 e. The number of amides is 1. The van der Waals surface area contributed by atoms with Gasteiger partial charge in [0.15, 0.2) is 0 Å². The molecular weight excluding hydrogens is 224 g/mol. The molecule has 100 valence electrons. The van der Waals surface area contributed by atoms with Gasteiger partial charge in [0.2, 0.25) is 5.91 Å². The van der Waals surface area contributed by atoms with E-state index in [4.69, 9.17) is 10.8 Å². The third-order valence-corrected chi connectivity index (χ3v) is 2.45. The number of nitrogens with two attached hydrogens (primary N) is 1. The quantitative estimate of drug-likeness (QED) is 0.499. The molecule has 5 N–H and O–H groups in total. The first-order valence-corrected chi connectivity index (χ1v) is 5.62. The highest BCUT2D eigenvalue weighted by atomic mass is 16.4. The Labute approximate surface area is 101 Å². The minimum atomic E-state index is -1.47. The molecule has 0 fully saturated rings. The van der Waals surface area contributed by atoms with Crippen LogP contribution in [0, 0.1) is 0 Å². The number of carbonyl (C=O) groups is 2. The van der Waals surface area contributed by atoms with Gasteiger partial charge in [-0.3, -0.25) is 9.59 Å². The van der Waals surface area contributed by atoms with Crippen molar-refractivity contribution in [3.05, 3.63) is 0 Å². The van der Waals surface area contributed by atoms with Crippen LogP contribution in [0.15, 0.2) is 0 Å².